The van der Waals surface area contributed by atoms with Gasteiger partial charge in [-0.1, -0.05) is 6.07 Å². The Kier molecular flexibility index (Phi) is 5.71. The summed E-state index contributed by atoms with van der Waals surface area (Å²) in [5.41, 5.74) is 1.11. The van der Waals surface area contributed by atoms with Crippen LogP contribution in [0.5, 0.6) is 5.75 Å². The van der Waals surface area contributed by atoms with Crippen LogP contribution >= 0.6 is 11.6 Å². The summed E-state index contributed by atoms with van der Waals surface area (Å²) in [6.07, 6.45) is -1.74. The van der Waals surface area contributed by atoms with E-state index in [9.17, 15) is 10.2 Å². The maximum Gasteiger partial charge on any atom is 0.124 e. The van der Waals surface area contributed by atoms with Crippen molar-refractivity contribution in [1.82, 2.24) is 0 Å². The molecule has 0 radical (unpaired) electrons. The summed E-state index contributed by atoms with van der Waals surface area (Å²) in [6, 6.07) is 4.96. The van der Waals surface area contributed by atoms with Crippen LogP contribution in [0.4, 0.5) is 0 Å². The SMILES string of the molecule is COc1ccc(CO)cc1C(O)C(O)CCCl. The van der Waals surface area contributed by atoms with Crippen LogP contribution in [0.25, 0.3) is 0 Å². The maximum atomic E-state index is 9.98. The topological polar surface area (TPSA) is 69.9 Å². The molecule has 0 saturated heterocycles. The molecule has 1 rings (SSSR count). The van der Waals surface area contributed by atoms with E-state index in [1.54, 1.807) is 18.2 Å². The van der Waals surface area contributed by atoms with Gasteiger partial charge >= 0.3 is 0 Å². The first kappa shape index (κ1) is 14.3. The van der Waals surface area contributed by atoms with E-state index in [1.165, 1.54) is 7.11 Å². The van der Waals surface area contributed by atoms with Gasteiger partial charge in [-0.25, -0.2) is 0 Å². The van der Waals surface area contributed by atoms with Crippen LogP contribution < -0.4 is 4.74 Å². The van der Waals surface area contributed by atoms with Crippen LogP contribution in [0.3, 0.4) is 0 Å². The molecule has 4 nitrogen and oxygen atoms in total. The highest BCUT2D eigenvalue weighted by Gasteiger charge is 2.21. The van der Waals surface area contributed by atoms with Gasteiger partial charge in [-0.3, -0.25) is 0 Å². The van der Waals surface area contributed by atoms with Crippen LogP contribution in [0, 0.1) is 0 Å². The van der Waals surface area contributed by atoms with Gasteiger partial charge in [0.1, 0.15) is 11.9 Å². The van der Waals surface area contributed by atoms with E-state index in [-0.39, 0.29) is 18.9 Å². The Morgan fingerprint density at radius 2 is 2.06 bits per heavy atom. The van der Waals surface area contributed by atoms with Crippen molar-refractivity contribution in [3.05, 3.63) is 29.3 Å². The highest BCUT2D eigenvalue weighted by Crippen LogP contribution is 2.29. The number of methoxy groups -OCH3 is 1. The number of rotatable bonds is 6. The first-order chi connectivity index (χ1) is 8.13. The van der Waals surface area contributed by atoms with E-state index in [0.717, 1.165) is 0 Å². The quantitative estimate of drug-likeness (QED) is 0.673. The summed E-state index contributed by atoms with van der Waals surface area (Å²) in [6.45, 7) is -0.130. The predicted octanol–water partition coefficient (Wildman–Crippen LogP) is 1.21. The molecule has 0 bridgehead atoms. The van der Waals surface area contributed by atoms with E-state index < -0.39 is 12.2 Å². The predicted molar refractivity (Wildman–Crippen MR) is 65.2 cm³/mol. The Balaban J connectivity index is 3.00. The van der Waals surface area contributed by atoms with Gasteiger partial charge in [-0.15, -0.1) is 11.6 Å². The minimum absolute atomic E-state index is 0.130. The third-order valence-electron chi connectivity index (χ3n) is 2.56. The molecule has 0 saturated carbocycles. The molecule has 96 valence electrons. The summed E-state index contributed by atoms with van der Waals surface area (Å²) in [5.74, 6) is 0.739. The number of alkyl halides is 1. The van der Waals surface area contributed by atoms with Gasteiger partial charge in [0.05, 0.1) is 19.8 Å². The Bertz CT molecular complexity index is 356. The molecule has 2 unspecified atom stereocenters. The smallest absolute Gasteiger partial charge is 0.124 e. The molecule has 3 N–H and O–H groups in total. The number of benzene rings is 1. The fourth-order valence-corrected chi connectivity index (χ4v) is 1.81. The molecule has 0 fully saturated rings. The van der Waals surface area contributed by atoms with Crippen molar-refractivity contribution in [2.24, 2.45) is 0 Å². The lowest BCUT2D eigenvalue weighted by molar-refractivity contribution is 0.0155. The number of halogens is 1. The second-order valence-electron chi connectivity index (χ2n) is 3.72. The van der Waals surface area contributed by atoms with Gasteiger partial charge in [0.15, 0.2) is 0 Å². The lowest BCUT2D eigenvalue weighted by atomic mass is 9.99. The van der Waals surface area contributed by atoms with Gasteiger partial charge in [0.2, 0.25) is 0 Å². The minimum atomic E-state index is -1.07. The zero-order valence-electron chi connectivity index (χ0n) is 9.64. The van der Waals surface area contributed by atoms with Crippen molar-refractivity contribution >= 4 is 11.6 Å². The van der Waals surface area contributed by atoms with Gasteiger partial charge in [0, 0.05) is 11.4 Å². The molecule has 0 aromatic heterocycles. The van der Waals surface area contributed by atoms with E-state index in [4.69, 9.17) is 21.4 Å². The third kappa shape index (κ3) is 3.57. The molecule has 0 heterocycles. The Morgan fingerprint density at radius 1 is 1.35 bits per heavy atom. The molecule has 1 aromatic carbocycles. The molecule has 5 heteroatoms. The van der Waals surface area contributed by atoms with E-state index in [1.807, 2.05) is 0 Å². The summed E-state index contributed by atoms with van der Waals surface area (Å²) in [7, 11) is 1.48. The van der Waals surface area contributed by atoms with Gasteiger partial charge in [-0.2, -0.15) is 0 Å². The molecular weight excluding hydrogens is 244 g/mol. The summed E-state index contributed by atoms with van der Waals surface area (Å²) in [4.78, 5) is 0. The lowest BCUT2D eigenvalue weighted by Gasteiger charge is -2.20. The molecule has 17 heavy (non-hydrogen) atoms. The third-order valence-corrected chi connectivity index (χ3v) is 2.78. The van der Waals surface area contributed by atoms with Gasteiger partial charge in [-0.05, 0) is 24.1 Å². The average Bonchev–Trinajstić information content (AvgIpc) is 2.37. The zero-order valence-corrected chi connectivity index (χ0v) is 10.4. The van der Waals surface area contributed by atoms with Gasteiger partial charge < -0.3 is 20.1 Å². The molecule has 0 aliphatic heterocycles. The van der Waals surface area contributed by atoms with Crippen molar-refractivity contribution in [1.29, 1.82) is 0 Å². The number of aliphatic hydroxyl groups excluding tert-OH is 3. The number of ether oxygens (including phenoxy) is 1. The fourth-order valence-electron chi connectivity index (χ4n) is 1.59. The summed E-state index contributed by atoms with van der Waals surface area (Å²) < 4.78 is 5.11. The fraction of sp³-hybridized carbons (Fsp3) is 0.500. The van der Waals surface area contributed by atoms with Crippen LogP contribution in [0.2, 0.25) is 0 Å². The second-order valence-corrected chi connectivity index (χ2v) is 4.10. The molecule has 0 aliphatic carbocycles. The number of hydrogen-bond acceptors (Lipinski definition) is 4. The van der Waals surface area contributed by atoms with Crippen molar-refractivity contribution in [3.8, 4) is 5.75 Å². The van der Waals surface area contributed by atoms with E-state index in [2.05, 4.69) is 0 Å². The van der Waals surface area contributed by atoms with Crippen molar-refractivity contribution in [3.63, 3.8) is 0 Å². The summed E-state index contributed by atoms with van der Waals surface area (Å²) in [5, 5.41) is 28.7. The van der Waals surface area contributed by atoms with Crippen LogP contribution in [-0.2, 0) is 6.61 Å². The molecule has 0 spiro atoms. The van der Waals surface area contributed by atoms with Crippen molar-refractivity contribution in [2.45, 2.75) is 25.2 Å². The van der Waals surface area contributed by atoms with Crippen molar-refractivity contribution < 1.29 is 20.1 Å². The Morgan fingerprint density at radius 3 is 2.59 bits per heavy atom. The van der Waals surface area contributed by atoms with Crippen molar-refractivity contribution in [2.75, 3.05) is 13.0 Å². The normalized spacial score (nSPS) is 14.4. The molecular formula is C12H17ClO4. The molecule has 2 atom stereocenters. The first-order valence-corrected chi connectivity index (χ1v) is 5.87. The standard InChI is InChI=1S/C12H17ClO4/c1-17-11-3-2-8(7-14)6-9(11)12(16)10(15)4-5-13/h2-3,6,10,12,14-16H,4-5,7H2,1H3. The number of hydrogen-bond donors (Lipinski definition) is 3. The lowest BCUT2D eigenvalue weighted by Crippen LogP contribution is -2.19. The van der Waals surface area contributed by atoms with Crippen LogP contribution in [0.15, 0.2) is 18.2 Å². The van der Waals surface area contributed by atoms with E-state index >= 15 is 0 Å². The Hall–Kier alpha value is -0.810. The minimum Gasteiger partial charge on any atom is -0.496 e. The monoisotopic (exact) mass is 260 g/mol. The van der Waals surface area contributed by atoms with E-state index in [0.29, 0.717) is 16.9 Å². The molecule has 0 aliphatic rings. The largest absolute Gasteiger partial charge is 0.496 e. The molecule has 0 amide bonds. The van der Waals surface area contributed by atoms with Crippen LogP contribution in [0.1, 0.15) is 23.7 Å². The highest BCUT2D eigenvalue weighted by atomic mass is 35.5. The average molecular weight is 261 g/mol. The molecule has 1 aromatic rings. The first-order valence-electron chi connectivity index (χ1n) is 5.33. The Labute approximate surface area is 105 Å². The number of aliphatic hydroxyl groups is 3. The van der Waals surface area contributed by atoms with Gasteiger partial charge in [0.25, 0.3) is 0 Å². The highest BCUT2D eigenvalue weighted by molar-refractivity contribution is 6.17. The van der Waals surface area contributed by atoms with Crippen LogP contribution in [-0.4, -0.2) is 34.4 Å². The summed E-state index contributed by atoms with van der Waals surface area (Å²) >= 11 is 5.52. The second kappa shape index (κ2) is 6.81. The maximum absolute atomic E-state index is 9.98. The zero-order chi connectivity index (χ0) is 12.8.